The minimum absolute atomic E-state index is 0.191. The second-order valence-corrected chi connectivity index (χ2v) is 4.72. The molecule has 0 aromatic heterocycles. The zero-order valence-corrected chi connectivity index (χ0v) is 12.0. The van der Waals surface area contributed by atoms with Crippen molar-refractivity contribution in [1.29, 1.82) is 0 Å². The summed E-state index contributed by atoms with van der Waals surface area (Å²) < 4.78 is 0.812. The highest BCUT2D eigenvalue weighted by Gasteiger charge is 2.05. The predicted molar refractivity (Wildman–Crippen MR) is 76.5 cm³/mol. The van der Waals surface area contributed by atoms with Crippen LogP contribution in [0.4, 0.5) is 5.69 Å². The van der Waals surface area contributed by atoms with Crippen molar-refractivity contribution in [3.63, 3.8) is 0 Å². The molecule has 4 heteroatoms. The molecule has 0 saturated carbocycles. The van der Waals surface area contributed by atoms with Gasteiger partial charge >= 0.3 is 0 Å². The third kappa shape index (κ3) is 4.36. The topological polar surface area (TPSA) is 29.1 Å². The Kier molecular flexibility index (Phi) is 5.45. The maximum atomic E-state index is 11.5. The van der Waals surface area contributed by atoms with Gasteiger partial charge in [0.2, 0.25) is 5.91 Å². The van der Waals surface area contributed by atoms with E-state index in [9.17, 15) is 4.79 Å². The van der Waals surface area contributed by atoms with E-state index in [1.165, 1.54) is 6.08 Å². The van der Waals surface area contributed by atoms with Crippen LogP contribution in [0.15, 0.2) is 40.9 Å². The molecule has 0 unspecified atom stereocenters. The van der Waals surface area contributed by atoms with Crippen molar-refractivity contribution in [3.05, 3.63) is 51.5 Å². The Bertz CT molecular complexity index is 481. The molecule has 1 amide bonds. The molecule has 1 aromatic carbocycles. The van der Waals surface area contributed by atoms with Crippen molar-refractivity contribution in [1.82, 2.24) is 0 Å². The zero-order chi connectivity index (χ0) is 12.8. The first-order chi connectivity index (χ1) is 8.04. The van der Waals surface area contributed by atoms with Gasteiger partial charge in [-0.2, -0.15) is 0 Å². The fourth-order valence-corrected chi connectivity index (χ4v) is 1.89. The molecular weight excluding hydrogens is 302 g/mol. The molecule has 1 rings (SSSR count). The van der Waals surface area contributed by atoms with E-state index in [2.05, 4.69) is 21.2 Å². The third-order valence-corrected chi connectivity index (χ3v) is 3.12. The molecule has 0 radical (unpaired) electrons. The molecule has 0 bridgehead atoms. The summed E-state index contributed by atoms with van der Waals surface area (Å²) in [6.45, 7) is 3.79. The lowest BCUT2D eigenvalue weighted by atomic mass is 10.2. The van der Waals surface area contributed by atoms with Crippen molar-refractivity contribution >= 4 is 39.1 Å². The number of rotatable bonds is 3. The van der Waals surface area contributed by atoms with Crippen LogP contribution >= 0.6 is 27.5 Å². The van der Waals surface area contributed by atoms with Crippen LogP contribution in [0.2, 0.25) is 5.02 Å². The van der Waals surface area contributed by atoms with Crippen LogP contribution < -0.4 is 5.32 Å². The molecule has 0 saturated heterocycles. The van der Waals surface area contributed by atoms with Crippen LogP contribution in [0.3, 0.4) is 0 Å². The van der Waals surface area contributed by atoms with Gasteiger partial charge in [-0.1, -0.05) is 29.8 Å². The maximum absolute atomic E-state index is 11.5. The van der Waals surface area contributed by atoms with Gasteiger partial charge in [0.15, 0.2) is 0 Å². The van der Waals surface area contributed by atoms with Gasteiger partial charge in [-0.25, -0.2) is 0 Å². The number of benzene rings is 1. The molecule has 0 heterocycles. The lowest BCUT2D eigenvalue weighted by molar-refractivity contribution is -0.111. The van der Waals surface area contributed by atoms with E-state index in [0.717, 1.165) is 10.0 Å². The Labute approximate surface area is 114 Å². The molecule has 0 spiro atoms. The number of carbonyl (C=O) groups excluding carboxylic acids is 1. The van der Waals surface area contributed by atoms with Crippen LogP contribution in [0.1, 0.15) is 12.5 Å². The Morgan fingerprint density at radius 3 is 2.76 bits per heavy atom. The molecule has 1 N–H and O–H groups in total. The Morgan fingerprint density at radius 1 is 1.41 bits per heavy atom. The highest BCUT2D eigenvalue weighted by Crippen LogP contribution is 2.29. The summed E-state index contributed by atoms with van der Waals surface area (Å²) in [5.41, 5.74) is 1.62. The monoisotopic (exact) mass is 313 g/mol. The fourth-order valence-electron chi connectivity index (χ4n) is 1.17. The number of hydrogen-bond donors (Lipinski definition) is 1. The van der Waals surface area contributed by atoms with E-state index < -0.39 is 0 Å². The molecule has 1 aromatic rings. The summed E-state index contributed by atoms with van der Waals surface area (Å²) in [4.78, 5) is 11.5. The summed E-state index contributed by atoms with van der Waals surface area (Å²) >= 11 is 9.37. The van der Waals surface area contributed by atoms with E-state index in [0.29, 0.717) is 10.7 Å². The largest absolute Gasteiger partial charge is 0.321 e. The van der Waals surface area contributed by atoms with Crippen molar-refractivity contribution in [2.75, 3.05) is 5.32 Å². The highest BCUT2D eigenvalue weighted by molar-refractivity contribution is 9.10. The molecule has 0 fully saturated rings. The van der Waals surface area contributed by atoms with E-state index in [1.807, 2.05) is 26.0 Å². The lowest BCUT2D eigenvalue weighted by Crippen LogP contribution is -2.08. The van der Waals surface area contributed by atoms with Crippen molar-refractivity contribution < 1.29 is 4.79 Å². The van der Waals surface area contributed by atoms with Gasteiger partial charge in [0.05, 0.1) is 5.69 Å². The van der Waals surface area contributed by atoms with Crippen molar-refractivity contribution in [2.45, 2.75) is 13.8 Å². The third-order valence-electron chi connectivity index (χ3n) is 2.06. The van der Waals surface area contributed by atoms with Crippen molar-refractivity contribution in [3.8, 4) is 0 Å². The number of nitrogens with one attached hydrogen (secondary N) is 1. The second-order valence-electron chi connectivity index (χ2n) is 3.46. The highest BCUT2D eigenvalue weighted by atomic mass is 79.9. The molecule has 2 nitrogen and oxygen atoms in total. The molecule has 0 aliphatic heterocycles. The smallest absolute Gasteiger partial charge is 0.248 e. The van der Waals surface area contributed by atoms with E-state index >= 15 is 0 Å². The number of amides is 1. The first kappa shape index (κ1) is 14.0. The first-order valence-electron chi connectivity index (χ1n) is 5.10. The van der Waals surface area contributed by atoms with Gasteiger partial charge in [0.25, 0.3) is 0 Å². The number of allylic oxidation sites excluding steroid dienone is 3. The summed E-state index contributed by atoms with van der Waals surface area (Å²) in [5, 5.41) is 3.37. The predicted octanol–water partition coefficient (Wildman–Crippen LogP) is 4.48. The standard InChI is InChI=1S/C13H13BrClNO/c1-3-4-5-6-13(17)16-12-8-11(15)9(2)7-10(12)14/h3-8H,1-2H3,(H,16,17). The van der Waals surface area contributed by atoms with E-state index in [1.54, 1.807) is 18.2 Å². The zero-order valence-electron chi connectivity index (χ0n) is 9.63. The Balaban J connectivity index is 2.82. The summed E-state index contributed by atoms with van der Waals surface area (Å²) in [7, 11) is 0. The van der Waals surface area contributed by atoms with Gasteiger partial charge in [-0.3, -0.25) is 4.79 Å². The Morgan fingerprint density at radius 2 is 2.12 bits per heavy atom. The average Bonchev–Trinajstić information content (AvgIpc) is 2.26. The van der Waals surface area contributed by atoms with Gasteiger partial charge in [-0.15, -0.1) is 0 Å². The molecule has 0 aliphatic rings. The van der Waals surface area contributed by atoms with Crippen LogP contribution in [0, 0.1) is 6.92 Å². The number of hydrogen-bond acceptors (Lipinski definition) is 1. The maximum Gasteiger partial charge on any atom is 0.248 e. The normalized spacial score (nSPS) is 11.3. The van der Waals surface area contributed by atoms with Gasteiger partial charge in [0.1, 0.15) is 0 Å². The van der Waals surface area contributed by atoms with Gasteiger partial charge < -0.3 is 5.32 Å². The fraction of sp³-hybridized carbons (Fsp3) is 0.154. The molecule has 90 valence electrons. The van der Waals surface area contributed by atoms with Crippen LogP contribution in [-0.4, -0.2) is 5.91 Å². The summed E-state index contributed by atoms with van der Waals surface area (Å²) in [5.74, 6) is -0.191. The molecular formula is C13H13BrClNO. The lowest BCUT2D eigenvalue weighted by Gasteiger charge is -2.07. The summed E-state index contributed by atoms with van der Waals surface area (Å²) in [6.07, 6.45) is 6.78. The second kappa shape index (κ2) is 6.62. The molecule has 0 aliphatic carbocycles. The average molecular weight is 315 g/mol. The van der Waals surface area contributed by atoms with E-state index in [-0.39, 0.29) is 5.91 Å². The summed E-state index contributed by atoms with van der Waals surface area (Å²) in [6, 6.07) is 3.59. The van der Waals surface area contributed by atoms with Crippen LogP contribution in [0.5, 0.6) is 0 Å². The number of halogens is 2. The Hall–Kier alpha value is -1.06. The van der Waals surface area contributed by atoms with E-state index in [4.69, 9.17) is 11.6 Å². The van der Waals surface area contributed by atoms with Crippen molar-refractivity contribution in [2.24, 2.45) is 0 Å². The minimum atomic E-state index is -0.191. The number of anilines is 1. The SMILES string of the molecule is CC=CC=CC(=O)Nc1cc(Cl)c(C)cc1Br. The van der Waals surface area contributed by atoms with Crippen LogP contribution in [-0.2, 0) is 4.79 Å². The van der Waals surface area contributed by atoms with Crippen LogP contribution in [0.25, 0.3) is 0 Å². The quantitative estimate of drug-likeness (QED) is 0.647. The molecule has 0 atom stereocenters. The van der Waals surface area contributed by atoms with Gasteiger partial charge in [0, 0.05) is 15.6 Å². The molecule has 17 heavy (non-hydrogen) atoms. The minimum Gasteiger partial charge on any atom is -0.321 e. The first-order valence-corrected chi connectivity index (χ1v) is 6.27. The number of carbonyl (C=O) groups is 1. The van der Waals surface area contributed by atoms with Gasteiger partial charge in [-0.05, 0) is 47.5 Å². The number of aryl methyl sites for hydroxylation is 1.